The van der Waals surface area contributed by atoms with E-state index in [-0.39, 0.29) is 22.8 Å². The zero-order valence-electron chi connectivity index (χ0n) is 23.0. The van der Waals surface area contributed by atoms with Gasteiger partial charge in [0.1, 0.15) is 23.3 Å². The zero-order valence-corrected chi connectivity index (χ0v) is 23.0. The molecule has 2 aromatic rings. The predicted octanol–water partition coefficient (Wildman–Crippen LogP) is 5.81. The van der Waals surface area contributed by atoms with Crippen molar-refractivity contribution in [2.45, 2.75) is 109 Å². The topological polar surface area (TPSA) is 84.4 Å². The molecule has 1 aromatic heterocycles. The van der Waals surface area contributed by atoms with E-state index in [9.17, 15) is 14.0 Å². The summed E-state index contributed by atoms with van der Waals surface area (Å²) in [6, 6.07) is 6.60. The van der Waals surface area contributed by atoms with Crippen molar-refractivity contribution in [3.63, 3.8) is 0 Å². The number of rotatable bonds is 4. The maximum absolute atomic E-state index is 14.5. The van der Waals surface area contributed by atoms with Crippen LogP contribution in [-0.4, -0.2) is 44.1 Å². The average Bonchev–Trinajstić information content (AvgIpc) is 3.17. The number of carbonyl (C=O) groups is 2. The van der Waals surface area contributed by atoms with Crippen LogP contribution in [0.4, 0.5) is 9.18 Å². The molecule has 0 unspecified atom stereocenters. The van der Waals surface area contributed by atoms with Crippen molar-refractivity contribution < 1.29 is 18.7 Å². The number of nitrogens with zero attached hydrogens (tertiary/aromatic N) is 3. The smallest absolute Gasteiger partial charge is 0.411 e. The van der Waals surface area contributed by atoms with Gasteiger partial charge in [0.05, 0.1) is 6.04 Å². The molecule has 8 heteroatoms. The van der Waals surface area contributed by atoms with Gasteiger partial charge in [0.25, 0.3) is 0 Å². The number of amides is 2. The number of carbonyl (C=O) groups excluding carboxylic acids is 2. The van der Waals surface area contributed by atoms with Crippen molar-refractivity contribution in [1.82, 2.24) is 20.2 Å². The van der Waals surface area contributed by atoms with Crippen LogP contribution in [0.5, 0.6) is 0 Å². The molecule has 2 heterocycles. The van der Waals surface area contributed by atoms with Gasteiger partial charge in [-0.1, -0.05) is 32.9 Å². The van der Waals surface area contributed by atoms with Gasteiger partial charge in [-0.2, -0.15) is 0 Å². The summed E-state index contributed by atoms with van der Waals surface area (Å²) >= 11 is 0. The summed E-state index contributed by atoms with van der Waals surface area (Å²) in [5.74, 6) is -0.319. The molecular formula is C29H39FN4O3. The molecule has 0 bridgehead atoms. The molecule has 37 heavy (non-hydrogen) atoms. The first-order valence-electron chi connectivity index (χ1n) is 13.1. The van der Waals surface area contributed by atoms with E-state index < -0.39 is 29.6 Å². The number of aromatic nitrogens is 2. The fourth-order valence-corrected chi connectivity index (χ4v) is 5.18. The normalized spacial score (nSPS) is 23.4. The molecular weight excluding hydrogens is 471 g/mol. The molecule has 1 aliphatic heterocycles. The highest BCUT2D eigenvalue weighted by Gasteiger charge is 2.51. The summed E-state index contributed by atoms with van der Waals surface area (Å²) in [7, 11) is 0. The molecule has 7 nitrogen and oxygen atoms in total. The van der Waals surface area contributed by atoms with Crippen molar-refractivity contribution in [3.8, 4) is 0 Å². The van der Waals surface area contributed by atoms with E-state index in [1.807, 2.05) is 33.8 Å². The average molecular weight is 511 g/mol. The number of halogens is 1. The molecule has 0 radical (unpaired) electrons. The third-order valence-corrected chi connectivity index (χ3v) is 7.20. The van der Waals surface area contributed by atoms with Crippen molar-refractivity contribution in [2.75, 3.05) is 0 Å². The summed E-state index contributed by atoms with van der Waals surface area (Å²) in [4.78, 5) is 38.2. The maximum atomic E-state index is 14.5. The van der Waals surface area contributed by atoms with Crippen LogP contribution >= 0.6 is 0 Å². The van der Waals surface area contributed by atoms with Crippen LogP contribution in [0.15, 0.2) is 36.5 Å². The van der Waals surface area contributed by atoms with Crippen LogP contribution in [0, 0.1) is 5.82 Å². The van der Waals surface area contributed by atoms with E-state index in [4.69, 9.17) is 9.72 Å². The predicted molar refractivity (Wildman–Crippen MR) is 139 cm³/mol. The third-order valence-electron chi connectivity index (χ3n) is 7.20. The summed E-state index contributed by atoms with van der Waals surface area (Å²) < 4.78 is 20.3. The fraction of sp³-hybridized carbons (Fsp3) is 0.586. The highest BCUT2D eigenvalue weighted by molar-refractivity contribution is 5.87. The van der Waals surface area contributed by atoms with E-state index in [1.165, 1.54) is 17.0 Å². The van der Waals surface area contributed by atoms with Crippen LogP contribution in [0.3, 0.4) is 0 Å². The molecule has 200 valence electrons. The fourth-order valence-electron chi connectivity index (χ4n) is 5.18. The Morgan fingerprint density at radius 1 is 1.14 bits per heavy atom. The van der Waals surface area contributed by atoms with E-state index in [0.29, 0.717) is 23.5 Å². The Labute approximate surface area is 219 Å². The number of ether oxygens (including phenoxy) is 1. The summed E-state index contributed by atoms with van der Waals surface area (Å²) in [5.41, 5.74) is -0.0255. The molecule has 1 aromatic carbocycles. The Morgan fingerprint density at radius 3 is 2.41 bits per heavy atom. The molecule has 1 aliphatic carbocycles. The minimum atomic E-state index is -0.793. The summed E-state index contributed by atoms with van der Waals surface area (Å²) in [6.07, 6.45) is 4.30. The van der Waals surface area contributed by atoms with Gasteiger partial charge in [-0.3, -0.25) is 9.69 Å². The van der Waals surface area contributed by atoms with E-state index in [2.05, 4.69) is 10.3 Å². The quantitative estimate of drug-likeness (QED) is 0.561. The Bertz CT molecular complexity index is 1170. The van der Waals surface area contributed by atoms with Crippen LogP contribution in [-0.2, 0) is 14.9 Å². The van der Waals surface area contributed by atoms with Gasteiger partial charge in [-0.15, -0.1) is 0 Å². The summed E-state index contributed by atoms with van der Waals surface area (Å²) in [6.45, 7) is 13.5. The lowest BCUT2D eigenvalue weighted by Crippen LogP contribution is -2.57. The molecule has 4 rings (SSSR count). The van der Waals surface area contributed by atoms with Crippen molar-refractivity contribution in [2.24, 2.45) is 0 Å². The second-order valence-corrected chi connectivity index (χ2v) is 12.7. The van der Waals surface area contributed by atoms with E-state index >= 15 is 0 Å². The Hall–Kier alpha value is -3.03. The Balaban J connectivity index is 1.82. The van der Waals surface area contributed by atoms with E-state index in [1.54, 1.807) is 39.1 Å². The zero-order chi connectivity index (χ0) is 27.2. The molecule has 3 atom stereocenters. The number of likely N-dealkylation sites (tertiary alicyclic amines) is 1. The van der Waals surface area contributed by atoms with E-state index in [0.717, 1.165) is 19.3 Å². The first kappa shape index (κ1) is 27.0. The lowest BCUT2D eigenvalue weighted by Gasteiger charge is -2.41. The van der Waals surface area contributed by atoms with Gasteiger partial charge in [0.2, 0.25) is 5.91 Å². The first-order valence-corrected chi connectivity index (χ1v) is 13.1. The van der Waals surface area contributed by atoms with Crippen LogP contribution in [0.1, 0.15) is 103 Å². The van der Waals surface area contributed by atoms with Crippen LogP contribution < -0.4 is 5.32 Å². The Morgan fingerprint density at radius 2 is 1.84 bits per heavy atom. The van der Waals surface area contributed by atoms with Gasteiger partial charge in [-0.05, 0) is 77.1 Å². The standard InChI is InChI=1S/C29H39FN4O3/c1-27(2,3)25-31-15-12-21(32-25)20-17-22(24(35)33-29(7)13-9-14-29)34(26(36)37-28(4,5)6)23(20)18-10-8-11-19(30)16-18/h8,10-12,15-16,20,22-23H,9,13-14,17H2,1-7H3,(H,33,35)/t20-,22+,23+/m1/s1. The SMILES string of the molecule is CC1(NC(=O)[C@@H]2C[C@H](c3ccnc(C(C)(C)C)n3)[C@H](c3cccc(F)c3)N2C(=O)OC(C)(C)C)CCC1. The molecule has 0 spiro atoms. The number of benzene rings is 1. The van der Waals surface area contributed by atoms with Crippen molar-refractivity contribution in [1.29, 1.82) is 0 Å². The second kappa shape index (κ2) is 9.69. The number of hydrogen-bond acceptors (Lipinski definition) is 5. The third kappa shape index (κ3) is 5.94. The van der Waals surface area contributed by atoms with Gasteiger partial charge >= 0.3 is 6.09 Å². The number of nitrogens with one attached hydrogen (secondary N) is 1. The van der Waals surface area contributed by atoms with Gasteiger partial charge in [0, 0.05) is 28.8 Å². The van der Waals surface area contributed by atoms with Gasteiger partial charge in [0.15, 0.2) is 0 Å². The van der Waals surface area contributed by atoms with Crippen LogP contribution in [0.25, 0.3) is 0 Å². The maximum Gasteiger partial charge on any atom is 0.411 e. The molecule has 2 aliphatic rings. The van der Waals surface area contributed by atoms with Gasteiger partial charge < -0.3 is 10.1 Å². The molecule has 1 saturated heterocycles. The highest BCUT2D eigenvalue weighted by atomic mass is 19.1. The van der Waals surface area contributed by atoms with Crippen molar-refractivity contribution >= 4 is 12.0 Å². The minimum Gasteiger partial charge on any atom is -0.444 e. The largest absolute Gasteiger partial charge is 0.444 e. The summed E-state index contributed by atoms with van der Waals surface area (Å²) in [5, 5.41) is 3.18. The number of hydrogen-bond donors (Lipinski definition) is 1. The monoisotopic (exact) mass is 510 g/mol. The molecule has 2 fully saturated rings. The lowest BCUT2D eigenvalue weighted by molar-refractivity contribution is -0.128. The highest BCUT2D eigenvalue weighted by Crippen LogP contribution is 2.48. The molecule has 1 N–H and O–H groups in total. The second-order valence-electron chi connectivity index (χ2n) is 12.7. The van der Waals surface area contributed by atoms with Crippen molar-refractivity contribution in [3.05, 3.63) is 59.4 Å². The van der Waals surface area contributed by atoms with Crippen LogP contribution in [0.2, 0.25) is 0 Å². The molecule has 1 saturated carbocycles. The minimum absolute atomic E-state index is 0.220. The van der Waals surface area contributed by atoms with Gasteiger partial charge in [-0.25, -0.2) is 19.2 Å². The first-order chi connectivity index (χ1) is 17.2. The molecule has 2 amide bonds. The Kier molecular flexibility index (Phi) is 7.08. The lowest BCUT2D eigenvalue weighted by atomic mass is 9.78.